The van der Waals surface area contributed by atoms with Gasteiger partial charge in [0.15, 0.2) is 0 Å². The number of benzene rings is 2. The Hall–Kier alpha value is -2.62. The maximum Gasteiger partial charge on any atom is 0.243 e. The summed E-state index contributed by atoms with van der Waals surface area (Å²) in [4.78, 5) is 2.47. The summed E-state index contributed by atoms with van der Waals surface area (Å²) in [6.45, 7) is 3.22. The molecule has 180 valence electrons. The normalized spacial score (nSPS) is 20.3. The third-order valence-corrected chi connectivity index (χ3v) is 8.44. The highest BCUT2D eigenvalue weighted by Gasteiger charge is 2.35. The van der Waals surface area contributed by atoms with Gasteiger partial charge >= 0.3 is 0 Å². The van der Waals surface area contributed by atoms with Crippen LogP contribution in [0.15, 0.2) is 53.7 Å². The van der Waals surface area contributed by atoms with Crippen LogP contribution in [0.1, 0.15) is 34.6 Å². The SMILES string of the molecule is O=S(=O)(NCCc1cc2c(cc1F)CC(CN1CCC1)C2Cc1cccc(F)c1)c1cn[nH]c1. The number of halogens is 2. The van der Waals surface area contributed by atoms with Crippen molar-refractivity contribution in [1.82, 2.24) is 19.8 Å². The fourth-order valence-electron chi connectivity index (χ4n) is 5.14. The molecule has 0 amide bonds. The van der Waals surface area contributed by atoms with Crippen molar-refractivity contribution in [3.63, 3.8) is 0 Å². The molecular weight excluding hydrogens is 458 g/mol. The number of nitrogens with one attached hydrogen (secondary N) is 2. The minimum absolute atomic E-state index is 0.0471. The Morgan fingerprint density at radius 2 is 2.03 bits per heavy atom. The van der Waals surface area contributed by atoms with E-state index in [2.05, 4.69) is 19.8 Å². The molecule has 0 spiro atoms. The van der Waals surface area contributed by atoms with E-state index < -0.39 is 10.0 Å². The molecule has 2 unspecified atom stereocenters. The zero-order chi connectivity index (χ0) is 23.7. The molecule has 2 heterocycles. The lowest BCUT2D eigenvalue weighted by Gasteiger charge is -2.35. The van der Waals surface area contributed by atoms with Crippen molar-refractivity contribution in [2.45, 2.75) is 36.5 Å². The van der Waals surface area contributed by atoms with Crippen molar-refractivity contribution in [3.05, 3.63) is 82.7 Å². The topological polar surface area (TPSA) is 78.1 Å². The first-order chi connectivity index (χ1) is 16.4. The number of aromatic nitrogens is 2. The second-order valence-corrected chi connectivity index (χ2v) is 11.1. The van der Waals surface area contributed by atoms with Crippen LogP contribution in [0, 0.1) is 17.6 Å². The molecule has 1 aliphatic carbocycles. The molecule has 1 saturated heterocycles. The molecule has 5 rings (SSSR count). The van der Waals surface area contributed by atoms with Crippen molar-refractivity contribution in [3.8, 4) is 0 Å². The predicted octanol–water partition coefficient (Wildman–Crippen LogP) is 3.41. The number of likely N-dealkylation sites (tertiary alicyclic amines) is 1. The average molecular weight is 487 g/mol. The van der Waals surface area contributed by atoms with Gasteiger partial charge in [0.25, 0.3) is 0 Å². The molecule has 0 saturated carbocycles. The van der Waals surface area contributed by atoms with E-state index in [1.54, 1.807) is 18.2 Å². The monoisotopic (exact) mass is 486 g/mol. The van der Waals surface area contributed by atoms with E-state index in [0.29, 0.717) is 17.9 Å². The Morgan fingerprint density at radius 1 is 1.18 bits per heavy atom. The van der Waals surface area contributed by atoms with Crippen LogP contribution in [-0.2, 0) is 29.3 Å². The van der Waals surface area contributed by atoms with Gasteiger partial charge in [-0.1, -0.05) is 18.2 Å². The molecule has 3 aromatic rings. The molecule has 2 aromatic carbocycles. The zero-order valence-corrected chi connectivity index (χ0v) is 19.6. The predicted molar refractivity (Wildman–Crippen MR) is 125 cm³/mol. The van der Waals surface area contributed by atoms with E-state index in [1.807, 2.05) is 12.1 Å². The summed E-state index contributed by atoms with van der Waals surface area (Å²) in [5.41, 5.74) is 3.53. The van der Waals surface area contributed by atoms with Gasteiger partial charge in [-0.15, -0.1) is 0 Å². The van der Waals surface area contributed by atoms with Crippen molar-refractivity contribution in [2.24, 2.45) is 5.92 Å². The Kier molecular flexibility index (Phi) is 6.50. The van der Waals surface area contributed by atoms with E-state index in [9.17, 15) is 17.2 Å². The van der Waals surface area contributed by atoms with Gasteiger partial charge in [-0.3, -0.25) is 5.10 Å². The first kappa shape index (κ1) is 23.1. The standard InChI is InChI=1S/C25H28F2N4O2S/c26-21-4-1-3-17(9-21)10-23-20(16-31-7-2-8-31)11-19-13-25(27)18(12-24(19)23)5-6-30-34(32,33)22-14-28-29-15-22/h1,3-4,9,12-15,20,23,30H,2,5-8,10-11,16H2,(H,28,29). The average Bonchev–Trinajstić information content (AvgIpc) is 3.41. The highest BCUT2D eigenvalue weighted by molar-refractivity contribution is 7.89. The van der Waals surface area contributed by atoms with E-state index in [-0.39, 0.29) is 35.4 Å². The van der Waals surface area contributed by atoms with Crippen molar-refractivity contribution in [1.29, 1.82) is 0 Å². The first-order valence-corrected chi connectivity index (χ1v) is 13.1. The third kappa shape index (κ3) is 4.92. The lowest BCUT2D eigenvalue weighted by molar-refractivity contribution is 0.145. The molecular formula is C25H28F2N4O2S. The molecule has 1 aromatic heterocycles. The number of aromatic amines is 1. The van der Waals surface area contributed by atoms with Gasteiger partial charge < -0.3 is 4.90 Å². The third-order valence-electron chi connectivity index (χ3n) is 7.01. The number of rotatable bonds is 9. The van der Waals surface area contributed by atoms with Crippen molar-refractivity contribution < 1.29 is 17.2 Å². The summed E-state index contributed by atoms with van der Waals surface area (Å²) in [7, 11) is -3.69. The molecule has 0 radical (unpaired) electrons. The molecule has 6 nitrogen and oxygen atoms in total. The van der Waals surface area contributed by atoms with Crippen LogP contribution >= 0.6 is 0 Å². The molecule has 1 aliphatic heterocycles. The summed E-state index contributed by atoms with van der Waals surface area (Å²) < 4.78 is 55.9. The Morgan fingerprint density at radius 3 is 2.74 bits per heavy atom. The van der Waals surface area contributed by atoms with Crippen LogP contribution in [0.2, 0.25) is 0 Å². The number of hydrogen-bond donors (Lipinski definition) is 2. The van der Waals surface area contributed by atoms with Crippen LogP contribution < -0.4 is 4.72 Å². The molecule has 2 aliphatic rings. The van der Waals surface area contributed by atoms with Gasteiger partial charge in [0.2, 0.25) is 10.0 Å². The summed E-state index contributed by atoms with van der Waals surface area (Å²) in [6.07, 6.45) is 5.47. The summed E-state index contributed by atoms with van der Waals surface area (Å²) >= 11 is 0. The maximum absolute atomic E-state index is 15.0. The summed E-state index contributed by atoms with van der Waals surface area (Å²) in [5.74, 6) is -0.0535. The van der Waals surface area contributed by atoms with Gasteiger partial charge in [0.05, 0.1) is 6.20 Å². The van der Waals surface area contributed by atoms with Gasteiger partial charge in [-0.2, -0.15) is 5.10 Å². The van der Waals surface area contributed by atoms with Crippen LogP contribution in [0.5, 0.6) is 0 Å². The van der Waals surface area contributed by atoms with Gasteiger partial charge in [-0.05, 0) is 91.1 Å². The summed E-state index contributed by atoms with van der Waals surface area (Å²) in [5, 5.41) is 6.14. The van der Waals surface area contributed by atoms with E-state index in [0.717, 1.165) is 42.7 Å². The molecule has 2 atom stereocenters. The number of fused-ring (bicyclic) bond motifs is 1. The van der Waals surface area contributed by atoms with Gasteiger partial charge in [0.1, 0.15) is 16.5 Å². The highest BCUT2D eigenvalue weighted by Crippen LogP contribution is 2.42. The Bertz CT molecular complexity index is 1260. The number of hydrogen-bond acceptors (Lipinski definition) is 4. The number of nitrogens with zero attached hydrogens (tertiary/aromatic N) is 2. The molecule has 9 heteroatoms. The zero-order valence-electron chi connectivity index (χ0n) is 18.8. The minimum atomic E-state index is -3.69. The van der Waals surface area contributed by atoms with E-state index in [1.165, 1.54) is 24.9 Å². The largest absolute Gasteiger partial charge is 0.303 e. The van der Waals surface area contributed by atoms with Gasteiger partial charge in [0, 0.05) is 19.3 Å². The van der Waals surface area contributed by atoms with Crippen LogP contribution in [0.4, 0.5) is 8.78 Å². The molecule has 34 heavy (non-hydrogen) atoms. The number of H-pyrrole nitrogens is 1. The second-order valence-electron chi connectivity index (χ2n) is 9.28. The Balaban J connectivity index is 1.36. The smallest absolute Gasteiger partial charge is 0.243 e. The fourth-order valence-corrected chi connectivity index (χ4v) is 6.08. The van der Waals surface area contributed by atoms with Crippen LogP contribution in [-0.4, -0.2) is 49.7 Å². The molecule has 1 fully saturated rings. The molecule has 0 bridgehead atoms. The summed E-state index contributed by atoms with van der Waals surface area (Å²) in [6, 6.07) is 10.2. The highest BCUT2D eigenvalue weighted by atomic mass is 32.2. The van der Waals surface area contributed by atoms with Crippen LogP contribution in [0.3, 0.4) is 0 Å². The van der Waals surface area contributed by atoms with Crippen molar-refractivity contribution in [2.75, 3.05) is 26.2 Å². The van der Waals surface area contributed by atoms with E-state index >= 15 is 0 Å². The van der Waals surface area contributed by atoms with Crippen LogP contribution in [0.25, 0.3) is 0 Å². The van der Waals surface area contributed by atoms with E-state index in [4.69, 9.17) is 0 Å². The lowest BCUT2D eigenvalue weighted by atomic mass is 9.85. The first-order valence-electron chi connectivity index (χ1n) is 11.7. The van der Waals surface area contributed by atoms with Crippen molar-refractivity contribution >= 4 is 10.0 Å². The Labute approximate surface area is 198 Å². The number of sulfonamides is 1. The minimum Gasteiger partial charge on any atom is -0.303 e. The maximum atomic E-state index is 15.0. The van der Waals surface area contributed by atoms with Gasteiger partial charge in [-0.25, -0.2) is 21.9 Å². The second kappa shape index (κ2) is 9.56. The quantitative estimate of drug-likeness (QED) is 0.486. The molecule has 2 N–H and O–H groups in total. The fraction of sp³-hybridized carbons (Fsp3) is 0.400. The lowest BCUT2D eigenvalue weighted by Crippen LogP contribution is -2.41.